The van der Waals surface area contributed by atoms with Gasteiger partial charge in [0.1, 0.15) is 11.4 Å². The maximum absolute atomic E-state index is 14.1. The second-order valence-corrected chi connectivity index (χ2v) is 5.79. The van der Waals surface area contributed by atoms with Gasteiger partial charge in [-0.25, -0.2) is 9.18 Å². The Labute approximate surface area is 143 Å². The molecule has 0 unspecified atom stereocenters. The highest BCUT2D eigenvalue weighted by atomic mass is 19.1. The van der Waals surface area contributed by atoms with Crippen LogP contribution in [-0.4, -0.2) is 34.4 Å². The standard InChI is InChI=1S/C18H16FN3O3/c1-10-8-12(9-13-16(23)20-18(25)21(3)17(13)24)11(2)22(10)15-7-5-4-6-14(15)19/h4-9H,1-3H3,(H,20,23,25)/b13-9+. The lowest BCUT2D eigenvalue weighted by molar-refractivity contribution is -0.129. The third kappa shape index (κ3) is 2.73. The van der Waals surface area contributed by atoms with E-state index in [-0.39, 0.29) is 11.4 Å². The zero-order chi connectivity index (χ0) is 18.3. The SMILES string of the molecule is Cc1cc(/C=C2\C(=O)NC(=O)N(C)C2=O)c(C)n1-c1ccccc1F. The summed E-state index contributed by atoms with van der Waals surface area (Å²) in [5.41, 5.74) is 2.27. The summed E-state index contributed by atoms with van der Waals surface area (Å²) in [6.45, 7) is 3.58. The molecule has 2 heterocycles. The summed E-state index contributed by atoms with van der Waals surface area (Å²) in [6, 6.07) is 7.35. The number of aromatic nitrogens is 1. The third-order valence-corrected chi connectivity index (χ3v) is 4.17. The molecule has 0 atom stereocenters. The van der Waals surface area contributed by atoms with Gasteiger partial charge in [-0.3, -0.25) is 19.8 Å². The molecule has 0 spiro atoms. The normalized spacial score (nSPS) is 16.6. The Hall–Kier alpha value is -3.22. The molecule has 2 aromatic rings. The fourth-order valence-corrected chi connectivity index (χ4v) is 2.84. The summed E-state index contributed by atoms with van der Waals surface area (Å²) in [7, 11) is 1.29. The molecule has 128 valence electrons. The first-order valence-corrected chi connectivity index (χ1v) is 7.60. The van der Waals surface area contributed by atoms with Gasteiger partial charge < -0.3 is 4.57 Å². The molecule has 1 aromatic carbocycles. The Kier molecular flexibility index (Phi) is 4.00. The highest BCUT2D eigenvalue weighted by Crippen LogP contribution is 2.25. The fourth-order valence-electron chi connectivity index (χ4n) is 2.84. The van der Waals surface area contributed by atoms with Crippen LogP contribution in [0.2, 0.25) is 0 Å². The molecule has 0 radical (unpaired) electrons. The van der Waals surface area contributed by atoms with Crippen LogP contribution in [0.4, 0.5) is 9.18 Å². The zero-order valence-corrected chi connectivity index (χ0v) is 14.0. The number of halogens is 1. The van der Waals surface area contributed by atoms with Gasteiger partial charge >= 0.3 is 6.03 Å². The van der Waals surface area contributed by atoms with E-state index in [1.807, 2.05) is 0 Å². The number of hydrogen-bond acceptors (Lipinski definition) is 3. The number of nitrogens with zero attached hydrogens (tertiary/aromatic N) is 2. The van der Waals surface area contributed by atoms with Crippen molar-refractivity contribution in [3.8, 4) is 5.69 Å². The average Bonchev–Trinajstić information content (AvgIpc) is 2.84. The Morgan fingerprint density at radius 3 is 2.48 bits per heavy atom. The van der Waals surface area contributed by atoms with Crippen LogP contribution in [0.1, 0.15) is 17.0 Å². The van der Waals surface area contributed by atoms with Crippen molar-refractivity contribution in [2.45, 2.75) is 13.8 Å². The number of para-hydroxylation sites is 1. The van der Waals surface area contributed by atoms with Crippen LogP contribution >= 0.6 is 0 Å². The van der Waals surface area contributed by atoms with E-state index in [2.05, 4.69) is 5.32 Å². The monoisotopic (exact) mass is 341 g/mol. The molecule has 0 saturated carbocycles. The molecular formula is C18H16FN3O3. The van der Waals surface area contributed by atoms with E-state index in [9.17, 15) is 18.8 Å². The zero-order valence-electron chi connectivity index (χ0n) is 14.0. The molecule has 1 saturated heterocycles. The number of urea groups is 1. The first kappa shape index (κ1) is 16.6. The summed E-state index contributed by atoms with van der Waals surface area (Å²) < 4.78 is 15.8. The summed E-state index contributed by atoms with van der Waals surface area (Å²) >= 11 is 0. The topological polar surface area (TPSA) is 71.4 Å². The largest absolute Gasteiger partial charge is 0.331 e. The van der Waals surface area contributed by atoms with Crippen LogP contribution in [0.15, 0.2) is 35.9 Å². The van der Waals surface area contributed by atoms with Gasteiger partial charge in [0.2, 0.25) is 0 Å². The molecule has 3 rings (SSSR count). The van der Waals surface area contributed by atoms with Crippen molar-refractivity contribution in [3.63, 3.8) is 0 Å². The van der Waals surface area contributed by atoms with Crippen LogP contribution < -0.4 is 5.32 Å². The van der Waals surface area contributed by atoms with E-state index in [1.165, 1.54) is 19.2 Å². The van der Waals surface area contributed by atoms with E-state index in [1.54, 1.807) is 42.7 Å². The first-order valence-electron chi connectivity index (χ1n) is 7.60. The van der Waals surface area contributed by atoms with Crippen molar-refractivity contribution in [2.24, 2.45) is 0 Å². The number of rotatable bonds is 2. The second kappa shape index (κ2) is 6.01. The van der Waals surface area contributed by atoms with E-state index in [0.717, 1.165) is 10.6 Å². The molecule has 1 fully saturated rings. The van der Waals surface area contributed by atoms with E-state index in [0.29, 0.717) is 16.9 Å². The molecule has 1 aromatic heterocycles. The maximum Gasteiger partial charge on any atom is 0.331 e. The fraction of sp³-hybridized carbons (Fsp3) is 0.167. The minimum Gasteiger partial charge on any atom is -0.315 e. The van der Waals surface area contributed by atoms with Crippen molar-refractivity contribution < 1.29 is 18.8 Å². The number of aryl methyl sites for hydroxylation is 1. The van der Waals surface area contributed by atoms with Gasteiger partial charge in [0, 0.05) is 18.4 Å². The summed E-state index contributed by atoms with van der Waals surface area (Å²) in [5, 5.41) is 2.10. The quantitative estimate of drug-likeness (QED) is 0.673. The number of likely N-dealkylation sites (N-methyl/N-ethyl adjacent to an activating group) is 1. The minimum atomic E-state index is -0.760. The van der Waals surface area contributed by atoms with Crippen molar-refractivity contribution in [1.29, 1.82) is 0 Å². The van der Waals surface area contributed by atoms with Crippen LogP contribution in [-0.2, 0) is 9.59 Å². The number of carbonyl (C=O) groups is 3. The third-order valence-electron chi connectivity index (χ3n) is 4.17. The average molecular weight is 341 g/mol. The molecule has 1 aliphatic rings. The van der Waals surface area contributed by atoms with E-state index in [4.69, 9.17) is 0 Å². The lowest BCUT2D eigenvalue weighted by Gasteiger charge is -2.22. The van der Waals surface area contributed by atoms with Crippen molar-refractivity contribution in [2.75, 3.05) is 7.05 Å². The number of carbonyl (C=O) groups excluding carboxylic acids is 3. The highest BCUT2D eigenvalue weighted by Gasteiger charge is 2.33. The van der Waals surface area contributed by atoms with Gasteiger partial charge in [0.25, 0.3) is 11.8 Å². The van der Waals surface area contributed by atoms with Crippen LogP contribution in [0, 0.1) is 19.7 Å². The van der Waals surface area contributed by atoms with E-state index < -0.39 is 17.8 Å². The molecule has 25 heavy (non-hydrogen) atoms. The van der Waals surface area contributed by atoms with Crippen LogP contribution in [0.3, 0.4) is 0 Å². The van der Waals surface area contributed by atoms with E-state index >= 15 is 0 Å². The van der Waals surface area contributed by atoms with Gasteiger partial charge in [0.05, 0.1) is 5.69 Å². The predicted octanol–water partition coefficient (Wildman–Crippen LogP) is 2.32. The number of benzene rings is 1. The van der Waals surface area contributed by atoms with Crippen molar-refractivity contribution in [1.82, 2.24) is 14.8 Å². The van der Waals surface area contributed by atoms with Crippen molar-refractivity contribution in [3.05, 3.63) is 58.7 Å². The summed E-state index contributed by atoms with van der Waals surface area (Å²) in [4.78, 5) is 36.5. The molecular weight excluding hydrogens is 325 g/mol. The van der Waals surface area contributed by atoms with Gasteiger partial charge in [0.15, 0.2) is 0 Å². The molecule has 6 nitrogen and oxygen atoms in total. The minimum absolute atomic E-state index is 0.143. The molecule has 0 bridgehead atoms. The van der Waals surface area contributed by atoms with Gasteiger partial charge in [-0.2, -0.15) is 0 Å². The Bertz CT molecular complexity index is 943. The highest BCUT2D eigenvalue weighted by molar-refractivity contribution is 6.30. The molecule has 1 N–H and O–H groups in total. The lowest BCUT2D eigenvalue weighted by atomic mass is 10.1. The number of amides is 4. The molecule has 0 aliphatic carbocycles. The van der Waals surface area contributed by atoms with Gasteiger partial charge in [-0.15, -0.1) is 0 Å². The summed E-state index contributed by atoms with van der Waals surface area (Å²) in [5.74, 6) is -1.80. The Morgan fingerprint density at radius 1 is 1.12 bits per heavy atom. The summed E-state index contributed by atoms with van der Waals surface area (Å²) in [6.07, 6.45) is 1.42. The number of nitrogens with one attached hydrogen (secondary N) is 1. The first-order chi connectivity index (χ1) is 11.8. The van der Waals surface area contributed by atoms with Crippen LogP contribution in [0.5, 0.6) is 0 Å². The maximum atomic E-state index is 14.1. The van der Waals surface area contributed by atoms with Crippen LogP contribution in [0.25, 0.3) is 11.8 Å². The second-order valence-electron chi connectivity index (χ2n) is 5.79. The lowest BCUT2D eigenvalue weighted by Crippen LogP contribution is -2.52. The molecule has 7 heteroatoms. The molecule has 1 aliphatic heterocycles. The van der Waals surface area contributed by atoms with Gasteiger partial charge in [-0.1, -0.05) is 12.1 Å². The number of imide groups is 2. The van der Waals surface area contributed by atoms with Gasteiger partial charge in [-0.05, 0) is 43.7 Å². The Balaban J connectivity index is 2.10. The number of hydrogen-bond donors (Lipinski definition) is 1. The Morgan fingerprint density at radius 2 is 1.80 bits per heavy atom. The molecule has 4 amide bonds. The predicted molar refractivity (Wildman–Crippen MR) is 89.5 cm³/mol. The van der Waals surface area contributed by atoms with Crippen molar-refractivity contribution >= 4 is 23.9 Å². The smallest absolute Gasteiger partial charge is 0.315 e. The number of barbiturate groups is 1.